The molecule has 0 radical (unpaired) electrons. The Morgan fingerprint density at radius 2 is 2.10 bits per heavy atom. The zero-order valence-corrected chi connectivity index (χ0v) is 13.3. The van der Waals surface area contributed by atoms with Crippen molar-refractivity contribution in [2.75, 3.05) is 24.3 Å². The number of rotatable bonds is 4. The van der Waals surface area contributed by atoms with Gasteiger partial charge < -0.3 is 14.7 Å². The smallest absolute Gasteiger partial charge is 0.229 e. The van der Waals surface area contributed by atoms with E-state index in [1.165, 1.54) is 0 Å². The van der Waals surface area contributed by atoms with Crippen molar-refractivity contribution in [1.29, 1.82) is 0 Å². The summed E-state index contributed by atoms with van der Waals surface area (Å²) in [6.07, 6.45) is 0.223. The maximum atomic E-state index is 12.2. The number of nitrogens with one attached hydrogen (secondary N) is 1. The molecule has 0 fully saturated rings. The highest BCUT2D eigenvalue weighted by Crippen LogP contribution is 2.28. The number of aryl methyl sites for hydroxylation is 2. The van der Waals surface area contributed by atoms with Crippen molar-refractivity contribution in [3.8, 4) is 0 Å². The molecular weight excluding hydrogens is 290 g/mol. The molecule has 0 aliphatic carbocycles. The number of anilines is 2. The Kier molecular flexibility index (Phi) is 4.53. The van der Waals surface area contributed by atoms with Crippen molar-refractivity contribution in [3.05, 3.63) is 40.2 Å². The normalized spacial score (nSPS) is 10.5. The first kappa shape index (κ1) is 15.4. The van der Waals surface area contributed by atoms with Crippen molar-refractivity contribution in [2.24, 2.45) is 0 Å². The van der Waals surface area contributed by atoms with Crippen molar-refractivity contribution in [2.45, 2.75) is 20.3 Å². The van der Waals surface area contributed by atoms with Gasteiger partial charge in [0.25, 0.3) is 0 Å². The van der Waals surface area contributed by atoms with Gasteiger partial charge in [-0.05, 0) is 32.0 Å². The zero-order chi connectivity index (χ0) is 15.6. The molecule has 1 heterocycles. The summed E-state index contributed by atoms with van der Waals surface area (Å²) in [5, 5.41) is 7.32. The van der Waals surface area contributed by atoms with Gasteiger partial charge >= 0.3 is 0 Å². The van der Waals surface area contributed by atoms with Crippen molar-refractivity contribution >= 4 is 28.9 Å². The fourth-order valence-corrected chi connectivity index (χ4v) is 2.28. The van der Waals surface area contributed by atoms with Gasteiger partial charge in [-0.25, -0.2) is 0 Å². The van der Waals surface area contributed by atoms with E-state index in [0.29, 0.717) is 16.5 Å². The predicted molar refractivity (Wildman–Crippen MR) is 84.1 cm³/mol. The molecule has 1 N–H and O–H groups in total. The minimum absolute atomic E-state index is 0.130. The molecule has 0 saturated carbocycles. The van der Waals surface area contributed by atoms with Gasteiger partial charge in [-0.2, -0.15) is 0 Å². The molecule has 0 aliphatic heterocycles. The summed E-state index contributed by atoms with van der Waals surface area (Å²) < 4.78 is 5.07. The molecule has 6 heteroatoms. The average molecular weight is 308 g/mol. The largest absolute Gasteiger partial charge is 0.376 e. The van der Waals surface area contributed by atoms with Crippen molar-refractivity contribution in [3.63, 3.8) is 0 Å². The Balaban J connectivity index is 2.18. The molecule has 5 nitrogen and oxygen atoms in total. The highest BCUT2D eigenvalue weighted by atomic mass is 35.5. The molecule has 1 amide bonds. The summed E-state index contributed by atoms with van der Waals surface area (Å²) in [4.78, 5) is 14.1. The lowest BCUT2D eigenvalue weighted by molar-refractivity contribution is -0.115. The van der Waals surface area contributed by atoms with Crippen LogP contribution in [0.2, 0.25) is 5.02 Å². The molecule has 0 aliphatic rings. The van der Waals surface area contributed by atoms with Crippen LogP contribution in [0.3, 0.4) is 0 Å². The number of halogens is 1. The van der Waals surface area contributed by atoms with Crippen LogP contribution in [0.4, 0.5) is 11.4 Å². The first-order valence-corrected chi connectivity index (χ1v) is 6.94. The average Bonchev–Trinajstić information content (AvgIpc) is 2.70. The number of nitrogens with zero attached hydrogens (tertiary/aromatic N) is 2. The van der Waals surface area contributed by atoms with Gasteiger partial charge in [0.1, 0.15) is 5.76 Å². The van der Waals surface area contributed by atoms with Crippen LogP contribution < -0.4 is 10.2 Å². The number of hydrogen-bond donors (Lipinski definition) is 1. The van der Waals surface area contributed by atoms with Crippen LogP contribution in [0.25, 0.3) is 0 Å². The molecular formula is C15H18ClN3O2. The van der Waals surface area contributed by atoms with Crippen molar-refractivity contribution < 1.29 is 9.32 Å². The number of amides is 1. The van der Waals surface area contributed by atoms with Gasteiger partial charge in [0.05, 0.1) is 23.5 Å². The summed E-state index contributed by atoms with van der Waals surface area (Å²) in [5.74, 6) is 0.538. The van der Waals surface area contributed by atoms with E-state index in [0.717, 1.165) is 16.9 Å². The number of carbonyl (C=O) groups is 1. The fourth-order valence-electron chi connectivity index (χ4n) is 2.11. The van der Waals surface area contributed by atoms with Crippen LogP contribution in [-0.2, 0) is 11.2 Å². The van der Waals surface area contributed by atoms with Crippen LogP contribution in [-0.4, -0.2) is 25.2 Å². The van der Waals surface area contributed by atoms with Crippen LogP contribution in [0.15, 0.2) is 22.7 Å². The van der Waals surface area contributed by atoms with E-state index in [2.05, 4.69) is 10.5 Å². The summed E-state index contributed by atoms with van der Waals surface area (Å²) in [6.45, 7) is 3.62. The molecule has 0 atom stereocenters. The Morgan fingerprint density at radius 3 is 2.67 bits per heavy atom. The third-order valence-corrected chi connectivity index (χ3v) is 3.47. The number of benzene rings is 1. The standard InChI is InChI=1S/C15H18ClN3O2/c1-9-12(10(2)21-18-9)8-15(20)17-13-7-11(16)5-6-14(13)19(3)4/h5-7H,8H2,1-4H3,(H,17,20). The maximum absolute atomic E-state index is 12.2. The third-order valence-electron chi connectivity index (χ3n) is 3.23. The predicted octanol–water partition coefficient (Wildman–Crippen LogP) is 3.19. The maximum Gasteiger partial charge on any atom is 0.229 e. The number of aromatic nitrogens is 1. The number of hydrogen-bond acceptors (Lipinski definition) is 4. The Bertz CT molecular complexity index is 645. The highest BCUT2D eigenvalue weighted by Gasteiger charge is 2.15. The van der Waals surface area contributed by atoms with Crippen LogP contribution in [0, 0.1) is 13.8 Å². The minimum Gasteiger partial charge on any atom is -0.376 e. The first-order chi connectivity index (χ1) is 9.88. The molecule has 1 aromatic carbocycles. The molecule has 1 aromatic heterocycles. The molecule has 0 unspecified atom stereocenters. The van der Waals surface area contributed by atoms with Crippen molar-refractivity contribution in [1.82, 2.24) is 5.16 Å². The SMILES string of the molecule is Cc1noc(C)c1CC(=O)Nc1cc(Cl)ccc1N(C)C. The van der Waals surface area contributed by atoms with Crippen LogP contribution in [0.5, 0.6) is 0 Å². The van der Waals surface area contributed by atoms with Gasteiger partial charge in [0.15, 0.2) is 0 Å². The lowest BCUT2D eigenvalue weighted by Crippen LogP contribution is -2.18. The van der Waals surface area contributed by atoms with E-state index in [1.54, 1.807) is 19.1 Å². The Hall–Kier alpha value is -2.01. The van der Waals surface area contributed by atoms with Gasteiger partial charge in [-0.1, -0.05) is 16.8 Å². The zero-order valence-electron chi connectivity index (χ0n) is 12.5. The first-order valence-electron chi connectivity index (χ1n) is 6.57. The minimum atomic E-state index is -0.130. The lowest BCUT2D eigenvalue weighted by Gasteiger charge is -2.18. The van der Waals surface area contributed by atoms with Gasteiger partial charge in [0.2, 0.25) is 5.91 Å². The summed E-state index contributed by atoms with van der Waals surface area (Å²) in [6, 6.07) is 5.40. The number of carbonyl (C=O) groups excluding carboxylic acids is 1. The second-order valence-corrected chi connectivity index (χ2v) is 5.52. The van der Waals surface area contributed by atoms with E-state index in [4.69, 9.17) is 16.1 Å². The quantitative estimate of drug-likeness (QED) is 0.942. The summed E-state index contributed by atoms with van der Waals surface area (Å²) in [7, 11) is 3.82. The lowest BCUT2D eigenvalue weighted by atomic mass is 10.1. The molecule has 2 rings (SSSR count). The molecule has 21 heavy (non-hydrogen) atoms. The van der Waals surface area contributed by atoms with Crippen LogP contribution in [0.1, 0.15) is 17.0 Å². The highest BCUT2D eigenvalue weighted by molar-refractivity contribution is 6.31. The molecule has 0 saturated heterocycles. The monoisotopic (exact) mass is 307 g/mol. The fraction of sp³-hybridized carbons (Fsp3) is 0.333. The third kappa shape index (κ3) is 3.55. The van der Waals surface area contributed by atoms with Gasteiger partial charge in [-0.15, -0.1) is 0 Å². The topological polar surface area (TPSA) is 58.4 Å². The van der Waals surface area contributed by atoms with Gasteiger partial charge in [-0.3, -0.25) is 4.79 Å². The van der Waals surface area contributed by atoms with E-state index < -0.39 is 0 Å². The van der Waals surface area contributed by atoms with Crippen LogP contribution >= 0.6 is 11.6 Å². The second-order valence-electron chi connectivity index (χ2n) is 5.08. The molecule has 0 spiro atoms. The van der Waals surface area contributed by atoms with E-state index >= 15 is 0 Å². The summed E-state index contributed by atoms with van der Waals surface area (Å²) >= 11 is 6.00. The van der Waals surface area contributed by atoms with E-state index in [1.807, 2.05) is 32.0 Å². The van der Waals surface area contributed by atoms with E-state index in [-0.39, 0.29) is 12.3 Å². The molecule has 0 bridgehead atoms. The molecule has 2 aromatic rings. The molecule has 112 valence electrons. The Morgan fingerprint density at radius 1 is 1.38 bits per heavy atom. The van der Waals surface area contributed by atoms with E-state index in [9.17, 15) is 4.79 Å². The Labute approximate surface area is 128 Å². The second kappa shape index (κ2) is 6.18. The van der Waals surface area contributed by atoms with Gasteiger partial charge in [0, 0.05) is 24.7 Å². The summed E-state index contributed by atoms with van der Waals surface area (Å²) in [5.41, 5.74) is 3.14.